The van der Waals surface area contributed by atoms with Crippen molar-refractivity contribution in [2.75, 3.05) is 16.8 Å². The summed E-state index contributed by atoms with van der Waals surface area (Å²) in [6.07, 6.45) is 1.55. The molecule has 0 amide bonds. The number of hydrogen-bond donors (Lipinski definition) is 4. The third-order valence-corrected chi connectivity index (χ3v) is 4.45. The maximum atomic E-state index is 12.6. The van der Waals surface area contributed by atoms with Crippen LogP contribution in [0.2, 0.25) is 0 Å². The third kappa shape index (κ3) is 3.69. The van der Waals surface area contributed by atoms with Gasteiger partial charge in [-0.15, -0.1) is 0 Å². The molecule has 6 N–H and O–H groups in total. The molecule has 138 valence electrons. The lowest BCUT2D eigenvalue weighted by Gasteiger charge is -2.19. The van der Waals surface area contributed by atoms with Crippen molar-refractivity contribution in [3.05, 3.63) is 70.6 Å². The van der Waals surface area contributed by atoms with Crippen molar-refractivity contribution >= 4 is 34.2 Å². The van der Waals surface area contributed by atoms with Gasteiger partial charge in [0.15, 0.2) is 0 Å². The van der Waals surface area contributed by atoms with Gasteiger partial charge in [-0.25, -0.2) is 4.99 Å². The fourth-order valence-corrected chi connectivity index (χ4v) is 2.86. The van der Waals surface area contributed by atoms with Gasteiger partial charge in [-0.1, -0.05) is 0 Å². The second-order valence-corrected chi connectivity index (χ2v) is 6.60. The van der Waals surface area contributed by atoms with E-state index in [0.29, 0.717) is 22.8 Å². The van der Waals surface area contributed by atoms with Gasteiger partial charge in [0.05, 0.1) is 11.4 Å². The highest BCUT2D eigenvalue weighted by Gasteiger charge is 2.25. The van der Waals surface area contributed by atoms with Crippen LogP contribution in [0.1, 0.15) is 18.1 Å². The quantitative estimate of drug-likeness (QED) is 0.488. The summed E-state index contributed by atoms with van der Waals surface area (Å²) in [4.78, 5) is 17.0. The van der Waals surface area contributed by atoms with Crippen molar-refractivity contribution in [1.29, 1.82) is 0 Å². The van der Waals surface area contributed by atoms with Crippen molar-refractivity contribution < 1.29 is 9.90 Å². The molecular weight excluding hydrogens is 340 g/mol. The number of hydrogen-bond acceptors (Lipinski definition) is 6. The monoisotopic (exact) mass is 362 g/mol. The first kappa shape index (κ1) is 18.3. The van der Waals surface area contributed by atoms with Crippen LogP contribution in [0.5, 0.6) is 0 Å². The predicted octanol–water partition coefficient (Wildman–Crippen LogP) is 3.95. The smallest absolute Gasteiger partial charge is 0.210 e. The molecule has 2 aromatic rings. The SMILES string of the molecule is CC1=C(O)C(Nc2ccc(N)cc2C)=CC(=Nc2ccc(N)cc2C)C1=O. The lowest BCUT2D eigenvalue weighted by molar-refractivity contribution is -0.109. The van der Waals surface area contributed by atoms with Crippen molar-refractivity contribution in [2.45, 2.75) is 20.8 Å². The van der Waals surface area contributed by atoms with Gasteiger partial charge in [0.1, 0.15) is 11.5 Å². The number of carbonyl (C=O) groups excluding carboxylic acids is 1. The Morgan fingerprint density at radius 1 is 0.963 bits per heavy atom. The van der Waals surface area contributed by atoms with Crippen LogP contribution < -0.4 is 16.8 Å². The minimum atomic E-state index is -0.316. The summed E-state index contributed by atoms with van der Waals surface area (Å²) in [5, 5.41) is 13.6. The van der Waals surface area contributed by atoms with Crippen LogP contribution in [0.15, 0.2) is 64.5 Å². The first-order valence-corrected chi connectivity index (χ1v) is 8.51. The van der Waals surface area contributed by atoms with E-state index in [1.54, 1.807) is 37.3 Å². The summed E-state index contributed by atoms with van der Waals surface area (Å²) in [7, 11) is 0. The van der Waals surface area contributed by atoms with Crippen LogP contribution in [-0.4, -0.2) is 16.6 Å². The van der Waals surface area contributed by atoms with Gasteiger partial charge in [-0.05, 0) is 74.4 Å². The third-order valence-electron chi connectivity index (χ3n) is 4.45. The minimum absolute atomic E-state index is 0.0933. The predicted molar refractivity (Wildman–Crippen MR) is 110 cm³/mol. The number of nitrogens with zero attached hydrogens (tertiary/aromatic N) is 1. The van der Waals surface area contributed by atoms with Crippen LogP contribution in [0, 0.1) is 13.8 Å². The van der Waals surface area contributed by atoms with E-state index in [-0.39, 0.29) is 22.8 Å². The zero-order chi connectivity index (χ0) is 19.7. The van der Waals surface area contributed by atoms with Gasteiger partial charge < -0.3 is 21.9 Å². The molecule has 6 heteroatoms. The Bertz CT molecular complexity index is 1030. The summed E-state index contributed by atoms with van der Waals surface area (Å²) in [5.74, 6) is -0.410. The number of aliphatic hydroxyl groups excluding tert-OH is 1. The molecule has 0 spiro atoms. The first-order chi connectivity index (χ1) is 12.8. The average molecular weight is 362 g/mol. The van der Waals surface area contributed by atoms with E-state index < -0.39 is 0 Å². The van der Waals surface area contributed by atoms with E-state index in [1.807, 2.05) is 26.0 Å². The lowest BCUT2D eigenvalue weighted by Crippen LogP contribution is -2.23. The van der Waals surface area contributed by atoms with Gasteiger partial charge in [0, 0.05) is 22.6 Å². The first-order valence-electron chi connectivity index (χ1n) is 8.51. The Balaban J connectivity index is 2.03. The van der Waals surface area contributed by atoms with E-state index in [0.717, 1.165) is 16.8 Å². The lowest BCUT2D eigenvalue weighted by atomic mass is 9.98. The van der Waals surface area contributed by atoms with E-state index in [2.05, 4.69) is 10.3 Å². The number of Topliss-reactive ketones (excluding diaryl/α,β-unsaturated/α-hetero) is 1. The number of nitrogens with one attached hydrogen (secondary N) is 1. The number of anilines is 3. The number of aliphatic hydroxyl groups is 1. The van der Waals surface area contributed by atoms with E-state index in [4.69, 9.17) is 11.5 Å². The highest BCUT2D eigenvalue weighted by atomic mass is 16.3. The minimum Gasteiger partial charge on any atom is -0.505 e. The molecule has 0 unspecified atom stereocenters. The van der Waals surface area contributed by atoms with Gasteiger partial charge >= 0.3 is 0 Å². The molecule has 3 rings (SSSR count). The molecule has 0 radical (unpaired) electrons. The van der Waals surface area contributed by atoms with Crippen LogP contribution in [0.4, 0.5) is 22.7 Å². The normalized spacial score (nSPS) is 15.9. The summed E-state index contributed by atoms with van der Waals surface area (Å²) in [5.41, 5.74) is 17.0. The molecule has 0 aromatic heterocycles. The van der Waals surface area contributed by atoms with Crippen molar-refractivity contribution in [1.82, 2.24) is 0 Å². The van der Waals surface area contributed by atoms with Crippen LogP contribution in [0.3, 0.4) is 0 Å². The fourth-order valence-electron chi connectivity index (χ4n) is 2.86. The average Bonchev–Trinajstić information content (AvgIpc) is 2.61. The summed E-state index contributed by atoms with van der Waals surface area (Å²) in [6.45, 7) is 5.37. The maximum Gasteiger partial charge on any atom is 0.210 e. The van der Waals surface area contributed by atoms with Gasteiger partial charge in [-0.3, -0.25) is 4.79 Å². The molecule has 0 bridgehead atoms. The van der Waals surface area contributed by atoms with Crippen LogP contribution in [-0.2, 0) is 4.79 Å². The number of aryl methyl sites for hydroxylation is 2. The molecule has 1 aliphatic rings. The topological polar surface area (TPSA) is 114 Å². The van der Waals surface area contributed by atoms with Crippen molar-refractivity contribution in [3.8, 4) is 0 Å². The molecule has 27 heavy (non-hydrogen) atoms. The second-order valence-electron chi connectivity index (χ2n) is 6.60. The molecule has 2 aromatic carbocycles. The van der Waals surface area contributed by atoms with Crippen molar-refractivity contribution in [2.24, 2.45) is 4.99 Å². The number of allylic oxidation sites excluding steroid dienone is 2. The Morgan fingerprint density at radius 3 is 2.22 bits per heavy atom. The highest BCUT2D eigenvalue weighted by molar-refractivity contribution is 6.51. The molecule has 0 aliphatic heterocycles. The van der Waals surface area contributed by atoms with Gasteiger partial charge in [-0.2, -0.15) is 0 Å². The number of nitrogens with two attached hydrogens (primary N) is 2. The number of rotatable bonds is 3. The zero-order valence-electron chi connectivity index (χ0n) is 15.5. The van der Waals surface area contributed by atoms with Gasteiger partial charge in [0.2, 0.25) is 5.78 Å². The Kier molecular flexibility index (Phi) is 4.73. The Hall–Kier alpha value is -3.54. The van der Waals surface area contributed by atoms with E-state index in [1.165, 1.54) is 0 Å². The largest absolute Gasteiger partial charge is 0.505 e. The number of benzene rings is 2. The molecule has 6 nitrogen and oxygen atoms in total. The molecular formula is C21H22N4O2. The molecule has 0 saturated carbocycles. The Labute approximate surface area is 157 Å². The molecule has 0 atom stereocenters. The summed E-state index contributed by atoms with van der Waals surface area (Å²) in [6, 6.07) is 10.7. The molecule has 0 heterocycles. The fraction of sp³-hybridized carbons (Fsp3) is 0.143. The summed E-state index contributed by atoms with van der Waals surface area (Å²) < 4.78 is 0. The molecule has 1 aliphatic carbocycles. The second kappa shape index (κ2) is 6.99. The van der Waals surface area contributed by atoms with E-state index in [9.17, 15) is 9.90 Å². The zero-order valence-corrected chi connectivity index (χ0v) is 15.5. The molecule has 0 saturated heterocycles. The Morgan fingerprint density at radius 2 is 1.59 bits per heavy atom. The number of nitrogen functional groups attached to an aromatic ring is 2. The number of aliphatic imine (C=N–C) groups is 1. The van der Waals surface area contributed by atoms with Gasteiger partial charge in [0.25, 0.3) is 0 Å². The van der Waals surface area contributed by atoms with Crippen molar-refractivity contribution in [3.63, 3.8) is 0 Å². The molecule has 0 fully saturated rings. The number of ketones is 1. The number of carbonyl (C=O) groups is 1. The van der Waals surface area contributed by atoms with E-state index >= 15 is 0 Å². The maximum absolute atomic E-state index is 12.6. The highest BCUT2D eigenvalue weighted by Crippen LogP contribution is 2.27. The standard InChI is InChI=1S/C21H22N4O2/c1-11-8-14(22)4-6-16(11)24-18-10-19(21(27)13(3)20(18)26)25-17-7-5-15(23)9-12(17)2/h4-10,24,26H,22-23H2,1-3H3. The van der Waals surface area contributed by atoms with Crippen LogP contribution in [0.25, 0.3) is 0 Å². The van der Waals surface area contributed by atoms with Crippen LogP contribution >= 0.6 is 0 Å². The summed E-state index contributed by atoms with van der Waals surface area (Å²) >= 11 is 0.